The summed E-state index contributed by atoms with van der Waals surface area (Å²) in [6, 6.07) is 8.20. The van der Waals surface area contributed by atoms with Crippen molar-refractivity contribution < 1.29 is 17.9 Å². The van der Waals surface area contributed by atoms with E-state index in [0.717, 1.165) is 19.5 Å². The van der Waals surface area contributed by atoms with E-state index in [1.807, 2.05) is 10.8 Å². The summed E-state index contributed by atoms with van der Waals surface area (Å²) in [4.78, 5) is 18.0. The molecular weight excluding hydrogens is 525 g/mol. The Morgan fingerprint density at radius 3 is 2.62 bits per heavy atom. The summed E-state index contributed by atoms with van der Waals surface area (Å²) in [6.45, 7) is 3.80. The third kappa shape index (κ3) is 5.35. The van der Waals surface area contributed by atoms with Crippen molar-refractivity contribution >= 4 is 11.8 Å². The lowest BCUT2D eigenvalue weighted by Crippen LogP contribution is -2.33. The van der Waals surface area contributed by atoms with Crippen molar-refractivity contribution in [1.29, 1.82) is 0 Å². The number of aryl methyl sites for hydroxylation is 1. The average molecular weight is 555 g/mol. The summed E-state index contributed by atoms with van der Waals surface area (Å²) in [5, 5.41) is 4.09. The number of thioether (sulfide) groups is 1. The van der Waals surface area contributed by atoms with Crippen molar-refractivity contribution in [3.8, 4) is 16.9 Å². The minimum atomic E-state index is -0.660. The number of hydrogen-bond acceptors (Lipinski definition) is 5. The van der Waals surface area contributed by atoms with E-state index in [1.54, 1.807) is 30.1 Å². The Morgan fingerprint density at radius 2 is 1.90 bits per heavy atom. The van der Waals surface area contributed by atoms with E-state index in [2.05, 4.69) is 10.3 Å². The quantitative estimate of drug-likeness (QED) is 0.268. The van der Waals surface area contributed by atoms with Gasteiger partial charge in [-0.15, -0.1) is 11.8 Å². The Morgan fingerprint density at radius 1 is 1.13 bits per heavy atom. The molecule has 10 heteroatoms. The predicted octanol–water partition coefficient (Wildman–Crippen LogP) is 5.36. The van der Waals surface area contributed by atoms with Gasteiger partial charge in [0.1, 0.15) is 11.6 Å². The van der Waals surface area contributed by atoms with E-state index in [4.69, 9.17) is 4.74 Å². The van der Waals surface area contributed by atoms with Gasteiger partial charge in [0, 0.05) is 48.8 Å². The Balaban J connectivity index is 1.53. The van der Waals surface area contributed by atoms with Crippen LogP contribution in [0, 0.1) is 24.4 Å². The molecule has 2 aromatic carbocycles. The second-order valence-electron chi connectivity index (χ2n) is 9.48. The van der Waals surface area contributed by atoms with Gasteiger partial charge in [0.25, 0.3) is 5.56 Å². The van der Waals surface area contributed by atoms with Crippen molar-refractivity contribution in [3.63, 3.8) is 0 Å². The van der Waals surface area contributed by atoms with Gasteiger partial charge in [0.05, 0.1) is 30.1 Å². The molecule has 204 valence electrons. The zero-order chi connectivity index (χ0) is 27.5. The first-order valence-electron chi connectivity index (χ1n) is 12.7. The van der Waals surface area contributed by atoms with Crippen LogP contribution in [0.4, 0.5) is 13.2 Å². The fourth-order valence-electron chi connectivity index (χ4n) is 5.06. The molecule has 0 saturated carbocycles. The van der Waals surface area contributed by atoms with Crippen molar-refractivity contribution in [2.24, 2.45) is 0 Å². The van der Waals surface area contributed by atoms with Crippen LogP contribution in [-0.2, 0) is 13.0 Å². The molecule has 6 nitrogen and oxygen atoms in total. The minimum Gasteiger partial charge on any atom is -0.494 e. The second kappa shape index (κ2) is 11.7. The zero-order valence-electron chi connectivity index (χ0n) is 21.7. The monoisotopic (exact) mass is 554 g/mol. The number of aromatic nitrogens is 3. The highest BCUT2D eigenvalue weighted by atomic mass is 32.2. The van der Waals surface area contributed by atoms with Crippen LogP contribution < -0.4 is 15.6 Å². The molecule has 2 aromatic heterocycles. The lowest BCUT2D eigenvalue weighted by Gasteiger charge is -2.21. The normalized spacial score (nSPS) is 14.5. The van der Waals surface area contributed by atoms with Crippen molar-refractivity contribution in [1.82, 2.24) is 19.4 Å². The molecule has 0 saturated heterocycles. The van der Waals surface area contributed by atoms with Crippen LogP contribution >= 0.6 is 11.8 Å². The molecule has 0 spiro atoms. The zero-order valence-corrected chi connectivity index (χ0v) is 22.5. The third-order valence-corrected chi connectivity index (χ3v) is 8.36. The first-order valence-corrected chi connectivity index (χ1v) is 13.7. The molecular formula is C29H29F3N4O2S. The van der Waals surface area contributed by atoms with E-state index in [-0.39, 0.29) is 40.5 Å². The molecule has 0 fully saturated rings. The van der Waals surface area contributed by atoms with Gasteiger partial charge in [-0.25, -0.2) is 18.2 Å². The summed E-state index contributed by atoms with van der Waals surface area (Å²) in [7, 11) is 1.36. The summed E-state index contributed by atoms with van der Waals surface area (Å²) in [5.74, 6) is -1.34. The molecule has 4 aromatic rings. The van der Waals surface area contributed by atoms with Gasteiger partial charge < -0.3 is 14.6 Å². The van der Waals surface area contributed by atoms with Crippen LogP contribution in [0.15, 0.2) is 64.9 Å². The number of fused-ring (bicyclic) bond motifs is 1. The molecule has 3 heterocycles. The molecule has 0 radical (unpaired) electrons. The number of pyridine rings is 1. The van der Waals surface area contributed by atoms with E-state index in [1.165, 1.54) is 49.2 Å². The third-order valence-electron chi connectivity index (χ3n) is 7.09. The predicted molar refractivity (Wildman–Crippen MR) is 146 cm³/mol. The molecule has 5 rings (SSSR count). The smallest absolute Gasteiger partial charge is 0.260 e. The molecule has 1 atom stereocenters. The van der Waals surface area contributed by atoms with Gasteiger partial charge in [-0.2, -0.15) is 0 Å². The molecule has 0 amide bonds. The number of rotatable bonds is 10. The number of halogens is 3. The van der Waals surface area contributed by atoms with E-state index < -0.39 is 17.5 Å². The van der Waals surface area contributed by atoms with E-state index >= 15 is 4.39 Å². The molecule has 1 aliphatic heterocycles. The average Bonchev–Trinajstić information content (AvgIpc) is 3.59. The van der Waals surface area contributed by atoms with Crippen LogP contribution in [-0.4, -0.2) is 40.1 Å². The molecule has 39 heavy (non-hydrogen) atoms. The molecule has 1 N–H and O–H groups in total. The maximum atomic E-state index is 15.4. The van der Waals surface area contributed by atoms with Crippen LogP contribution in [0.3, 0.4) is 0 Å². The SMILES string of the molecule is COc1cccc(-c2c(C)c(Cc3c(F)cccc3F)c3n(c2=O)C(CNCCCn2ccnc2)CS3)c1F. The second-order valence-corrected chi connectivity index (χ2v) is 10.5. The number of ether oxygens (including phenoxy) is 1. The molecule has 0 bridgehead atoms. The number of methoxy groups -OCH3 is 1. The standard InChI is InChI=1S/C29H29F3N4O2S/c1-18-21(14-22-23(30)7-4-8-24(22)31)29-36(28(37)26(18)20-6-3-9-25(38-2)27(20)32)19(16-39-29)15-33-10-5-12-35-13-11-34-17-35/h3-4,6-9,11,13,17,19,33H,5,10,12,14-16H2,1-2H3. The summed E-state index contributed by atoms with van der Waals surface area (Å²) < 4.78 is 53.7. The number of nitrogens with zero attached hydrogens (tertiary/aromatic N) is 3. The largest absolute Gasteiger partial charge is 0.494 e. The van der Waals surface area contributed by atoms with Gasteiger partial charge in [0.2, 0.25) is 0 Å². The number of hydrogen-bond donors (Lipinski definition) is 1. The van der Waals surface area contributed by atoms with Crippen molar-refractivity contribution in [2.45, 2.75) is 37.4 Å². The van der Waals surface area contributed by atoms with E-state index in [0.29, 0.717) is 28.5 Å². The minimum absolute atomic E-state index is 0.0176. The van der Waals surface area contributed by atoms with Crippen LogP contribution in [0.25, 0.3) is 11.1 Å². The van der Waals surface area contributed by atoms with Crippen LogP contribution in [0.1, 0.15) is 29.2 Å². The van der Waals surface area contributed by atoms with Crippen molar-refractivity contribution in [2.75, 3.05) is 26.0 Å². The molecule has 1 unspecified atom stereocenters. The maximum Gasteiger partial charge on any atom is 0.260 e. The Labute approximate surface area is 228 Å². The van der Waals surface area contributed by atoms with Crippen LogP contribution in [0.5, 0.6) is 5.75 Å². The number of imidazole rings is 1. The van der Waals surface area contributed by atoms with Gasteiger partial charge in [-0.3, -0.25) is 9.36 Å². The fraction of sp³-hybridized carbons (Fsp3) is 0.310. The first-order chi connectivity index (χ1) is 18.9. The number of benzene rings is 2. The molecule has 0 aliphatic carbocycles. The fourth-order valence-corrected chi connectivity index (χ4v) is 6.44. The van der Waals surface area contributed by atoms with E-state index in [9.17, 15) is 13.6 Å². The van der Waals surface area contributed by atoms with Gasteiger partial charge in [0.15, 0.2) is 11.6 Å². The molecule has 1 aliphatic rings. The number of nitrogens with one attached hydrogen (secondary N) is 1. The Kier molecular flexibility index (Phi) is 8.13. The highest BCUT2D eigenvalue weighted by Crippen LogP contribution is 2.40. The lowest BCUT2D eigenvalue weighted by atomic mass is 9.94. The Hall–Kier alpha value is -3.50. The lowest BCUT2D eigenvalue weighted by molar-refractivity contribution is 0.387. The highest BCUT2D eigenvalue weighted by molar-refractivity contribution is 7.99. The Bertz CT molecular complexity index is 1520. The maximum absolute atomic E-state index is 15.4. The highest BCUT2D eigenvalue weighted by Gasteiger charge is 2.32. The summed E-state index contributed by atoms with van der Waals surface area (Å²) >= 11 is 1.49. The van der Waals surface area contributed by atoms with Gasteiger partial charge in [-0.05, 0) is 49.2 Å². The van der Waals surface area contributed by atoms with Gasteiger partial charge >= 0.3 is 0 Å². The van der Waals surface area contributed by atoms with Crippen LogP contribution in [0.2, 0.25) is 0 Å². The first kappa shape index (κ1) is 27.1. The van der Waals surface area contributed by atoms with Gasteiger partial charge in [-0.1, -0.05) is 18.2 Å². The topological polar surface area (TPSA) is 61.1 Å². The van der Waals surface area contributed by atoms with Crippen molar-refractivity contribution in [3.05, 3.63) is 99.6 Å². The summed E-state index contributed by atoms with van der Waals surface area (Å²) in [5.41, 5.74) is 0.982. The summed E-state index contributed by atoms with van der Waals surface area (Å²) in [6.07, 6.45) is 6.23.